The van der Waals surface area contributed by atoms with Gasteiger partial charge in [0.2, 0.25) is 5.91 Å². The lowest BCUT2D eigenvalue weighted by molar-refractivity contribution is -0.384. The predicted octanol–water partition coefficient (Wildman–Crippen LogP) is 4.59. The molecule has 0 aromatic heterocycles. The average Bonchev–Trinajstić information content (AvgIpc) is 2.99. The van der Waals surface area contributed by atoms with E-state index in [1.165, 1.54) is 31.2 Å². The van der Waals surface area contributed by atoms with Gasteiger partial charge < -0.3 is 10.1 Å². The summed E-state index contributed by atoms with van der Waals surface area (Å²) in [5.74, 6) is -0.567. The lowest BCUT2D eigenvalue weighted by Crippen LogP contribution is -2.23. The summed E-state index contributed by atoms with van der Waals surface area (Å²) in [6, 6.07) is 8.97. The molecule has 2 aromatic carbocycles. The number of amidine groups is 1. The third-order valence-electron chi connectivity index (χ3n) is 3.76. The number of benzene rings is 2. The van der Waals surface area contributed by atoms with E-state index in [9.17, 15) is 19.7 Å². The van der Waals surface area contributed by atoms with Gasteiger partial charge in [-0.15, -0.1) is 0 Å². The van der Waals surface area contributed by atoms with Crippen molar-refractivity contribution in [2.24, 2.45) is 4.99 Å². The number of amides is 2. The molecular weight excluding hydrogens is 453 g/mol. The number of nitro benzene ring substituents is 1. The van der Waals surface area contributed by atoms with Crippen LogP contribution in [0.3, 0.4) is 0 Å². The molecule has 30 heavy (non-hydrogen) atoms. The van der Waals surface area contributed by atoms with Gasteiger partial charge in [0, 0.05) is 29.6 Å². The number of halogens is 2. The molecule has 2 aromatic rings. The number of hydrogen-bond acceptors (Lipinski definition) is 6. The summed E-state index contributed by atoms with van der Waals surface area (Å²) in [6.45, 7) is 1.40. The number of rotatable bonds is 5. The summed E-state index contributed by atoms with van der Waals surface area (Å²) in [7, 11) is 0. The minimum absolute atomic E-state index is 0.0274. The maximum Gasteiger partial charge on any atom is 0.286 e. The average molecular weight is 466 g/mol. The Morgan fingerprint density at radius 1 is 1.30 bits per heavy atom. The minimum atomic E-state index is -0.513. The van der Waals surface area contributed by atoms with Gasteiger partial charge in [-0.1, -0.05) is 23.2 Å². The van der Waals surface area contributed by atoms with Crippen molar-refractivity contribution >= 4 is 63.7 Å². The molecule has 0 aliphatic carbocycles. The van der Waals surface area contributed by atoms with Crippen LogP contribution in [0.5, 0.6) is 5.75 Å². The first-order valence-electron chi connectivity index (χ1n) is 8.38. The highest BCUT2D eigenvalue weighted by Gasteiger charge is 2.23. The number of nitro groups is 1. The van der Waals surface area contributed by atoms with E-state index >= 15 is 0 Å². The number of thioether (sulfide) groups is 1. The van der Waals surface area contributed by atoms with E-state index in [1.807, 2.05) is 0 Å². The highest BCUT2D eigenvalue weighted by molar-refractivity contribution is 8.18. The molecule has 0 spiro atoms. The summed E-state index contributed by atoms with van der Waals surface area (Å²) in [5, 5.41) is 14.0. The lowest BCUT2D eigenvalue weighted by Gasteiger charge is -2.12. The van der Waals surface area contributed by atoms with Crippen molar-refractivity contribution in [2.45, 2.75) is 13.5 Å². The Morgan fingerprint density at radius 2 is 2.00 bits per heavy atom. The van der Waals surface area contributed by atoms with E-state index in [0.29, 0.717) is 16.1 Å². The Kier molecular flexibility index (Phi) is 6.76. The molecule has 0 saturated carbocycles. The van der Waals surface area contributed by atoms with E-state index in [0.717, 1.165) is 11.8 Å². The molecule has 8 nitrogen and oxygen atoms in total. The number of ether oxygens (including phenoxy) is 1. The van der Waals surface area contributed by atoms with Crippen LogP contribution in [0.2, 0.25) is 10.0 Å². The van der Waals surface area contributed by atoms with Crippen LogP contribution in [0.25, 0.3) is 6.08 Å². The molecule has 0 saturated heterocycles. The highest BCUT2D eigenvalue weighted by atomic mass is 35.5. The van der Waals surface area contributed by atoms with Crippen LogP contribution in [0, 0.1) is 10.1 Å². The molecule has 0 atom stereocenters. The van der Waals surface area contributed by atoms with Crippen molar-refractivity contribution in [2.75, 3.05) is 0 Å². The molecule has 0 bridgehead atoms. The third-order valence-corrected chi connectivity index (χ3v) is 5.16. The van der Waals surface area contributed by atoms with Crippen LogP contribution in [-0.2, 0) is 16.2 Å². The van der Waals surface area contributed by atoms with Gasteiger partial charge >= 0.3 is 0 Å². The lowest BCUT2D eigenvalue weighted by atomic mass is 10.1. The van der Waals surface area contributed by atoms with Gasteiger partial charge in [0.15, 0.2) is 5.17 Å². The number of carbonyl (C=O) groups excluding carboxylic acids is 2. The van der Waals surface area contributed by atoms with Crippen LogP contribution in [-0.4, -0.2) is 21.9 Å². The van der Waals surface area contributed by atoms with E-state index in [-0.39, 0.29) is 39.0 Å². The Morgan fingerprint density at radius 3 is 2.63 bits per heavy atom. The monoisotopic (exact) mass is 465 g/mol. The summed E-state index contributed by atoms with van der Waals surface area (Å²) in [6.07, 6.45) is 1.52. The second-order valence-electron chi connectivity index (χ2n) is 6.03. The van der Waals surface area contributed by atoms with Crippen molar-refractivity contribution in [1.29, 1.82) is 0 Å². The highest BCUT2D eigenvalue weighted by Crippen LogP contribution is 2.37. The molecule has 1 aliphatic rings. The zero-order chi connectivity index (χ0) is 21.8. The third kappa shape index (κ3) is 5.38. The number of non-ortho nitro benzene ring substituents is 1. The molecule has 3 rings (SSSR count). The molecule has 11 heteroatoms. The van der Waals surface area contributed by atoms with Crippen LogP contribution >= 0.6 is 35.0 Å². The van der Waals surface area contributed by atoms with Crippen LogP contribution in [0.4, 0.5) is 5.69 Å². The first-order valence-corrected chi connectivity index (χ1v) is 9.95. The maximum absolute atomic E-state index is 12.1. The fraction of sp³-hybridized carbons (Fsp3) is 0.105. The standard InChI is InChI=1S/C19H13Cl2N3O5S/c1-10(25)22-19-23-18(26)16(30-19)7-12-6-13(20)8-15(21)17(12)29-9-11-2-4-14(5-3-11)24(27)28/h2-8H,9H2,1H3,(H,22,23,25,26)/b16-7+. The first-order chi connectivity index (χ1) is 14.2. The normalized spacial score (nSPS) is 14.6. The predicted molar refractivity (Wildman–Crippen MR) is 116 cm³/mol. The molecule has 1 N–H and O–H groups in total. The Labute approximate surface area is 185 Å². The van der Waals surface area contributed by atoms with Crippen LogP contribution < -0.4 is 10.1 Å². The van der Waals surface area contributed by atoms with E-state index in [1.54, 1.807) is 18.2 Å². The Hall–Kier alpha value is -2.88. The first kappa shape index (κ1) is 21.8. The van der Waals surface area contributed by atoms with Crippen LogP contribution in [0.1, 0.15) is 18.1 Å². The fourth-order valence-electron chi connectivity index (χ4n) is 2.46. The molecular formula is C19H13Cl2N3O5S. The molecule has 1 aliphatic heterocycles. The van der Waals surface area contributed by atoms with Crippen molar-refractivity contribution in [1.82, 2.24) is 5.32 Å². The van der Waals surface area contributed by atoms with Gasteiger partial charge in [0.05, 0.1) is 14.9 Å². The molecule has 1 heterocycles. The number of carbonyl (C=O) groups is 2. The second-order valence-corrected chi connectivity index (χ2v) is 7.91. The van der Waals surface area contributed by atoms with E-state index in [4.69, 9.17) is 27.9 Å². The summed E-state index contributed by atoms with van der Waals surface area (Å²) in [5.41, 5.74) is 1.11. The summed E-state index contributed by atoms with van der Waals surface area (Å²) >= 11 is 13.4. The van der Waals surface area contributed by atoms with Gasteiger partial charge in [0.1, 0.15) is 12.4 Å². The number of nitrogens with zero attached hydrogens (tertiary/aromatic N) is 2. The van der Waals surface area contributed by atoms with Gasteiger partial charge in [0.25, 0.3) is 11.6 Å². The van der Waals surface area contributed by atoms with Gasteiger partial charge in [-0.2, -0.15) is 4.99 Å². The fourth-order valence-corrected chi connectivity index (χ4v) is 3.88. The topological polar surface area (TPSA) is 111 Å². The van der Waals surface area contributed by atoms with Crippen molar-refractivity contribution in [3.8, 4) is 5.75 Å². The molecule has 0 fully saturated rings. The maximum atomic E-state index is 12.1. The minimum Gasteiger partial charge on any atom is -0.487 e. The van der Waals surface area contributed by atoms with Crippen molar-refractivity contribution in [3.05, 3.63) is 72.6 Å². The number of hydrogen-bond donors (Lipinski definition) is 1. The molecule has 154 valence electrons. The van der Waals surface area contributed by atoms with Crippen LogP contribution in [0.15, 0.2) is 46.3 Å². The summed E-state index contributed by atoms with van der Waals surface area (Å²) < 4.78 is 5.81. The number of nitrogens with one attached hydrogen (secondary N) is 1. The molecule has 0 unspecified atom stereocenters. The van der Waals surface area contributed by atoms with E-state index in [2.05, 4.69) is 10.3 Å². The van der Waals surface area contributed by atoms with Crippen molar-refractivity contribution in [3.63, 3.8) is 0 Å². The van der Waals surface area contributed by atoms with E-state index < -0.39 is 10.8 Å². The smallest absolute Gasteiger partial charge is 0.286 e. The Balaban J connectivity index is 1.83. The largest absolute Gasteiger partial charge is 0.487 e. The van der Waals surface area contributed by atoms with Crippen molar-refractivity contribution < 1.29 is 19.2 Å². The van der Waals surface area contributed by atoms with Gasteiger partial charge in [-0.3, -0.25) is 19.7 Å². The SMILES string of the molecule is CC(=O)NC1=NC(=O)/C(=C\c2cc(Cl)cc(Cl)c2OCc2ccc([N+](=O)[O-])cc2)S1. The zero-order valence-electron chi connectivity index (χ0n) is 15.3. The van der Waals surface area contributed by atoms with Gasteiger partial charge in [-0.05, 0) is 47.7 Å². The molecule has 2 amide bonds. The number of aliphatic imine (C=N–C) groups is 1. The van der Waals surface area contributed by atoms with Gasteiger partial charge in [-0.25, -0.2) is 0 Å². The summed E-state index contributed by atoms with van der Waals surface area (Å²) in [4.78, 5) is 37.6. The Bertz CT molecular complexity index is 1100. The molecule has 0 radical (unpaired) electrons. The second kappa shape index (κ2) is 9.29. The zero-order valence-corrected chi connectivity index (χ0v) is 17.7. The quantitative estimate of drug-likeness (QED) is 0.392.